The van der Waals surface area contributed by atoms with Crippen LogP contribution < -0.4 is 5.32 Å². The molecule has 1 aliphatic rings. The minimum Gasteiger partial charge on any atom is -0.350 e. The normalized spacial score (nSPS) is 13.8. The number of benzene rings is 1. The van der Waals surface area contributed by atoms with Crippen molar-refractivity contribution in [2.45, 2.75) is 38.6 Å². The standard InChI is InChI=1S/C16H19N3O/c20-16(18-10-15-9-17-11-19-15)8-12-5-6-13-3-1-2-4-14(13)7-12/h5-7,9,11H,1-4,8,10H2,(H,17,19)(H,18,20). The molecule has 0 bridgehead atoms. The van der Waals surface area contributed by atoms with Gasteiger partial charge in [0.05, 0.1) is 25.0 Å². The van der Waals surface area contributed by atoms with Crippen molar-refractivity contribution in [3.63, 3.8) is 0 Å². The third-order valence-corrected chi connectivity index (χ3v) is 3.81. The summed E-state index contributed by atoms with van der Waals surface area (Å²) in [7, 11) is 0. The lowest BCUT2D eigenvalue weighted by Crippen LogP contribution is -2.24. The molecule has 1 aromatic heterocycles. The van der Waals surface area contributed by atoms with Crippen LogP contribution >= 0.6 is 0 Å². The Bertz CT molecular complexity index is 590. The van der Waals surface area contributed by atoms with Gasteiger partial charge in [0.15, 0.2) is 0 Å². The molecular formula is C16H19N3O. The molecule has 20 heavy (non-hydrogen) atoms. The average molecular weight is 269 g/mol. The Labute approximate surface area is 118 Å². The van der Waals surface area contributed by atoms with Gasteiger partial charge in [-0.25, -0.2) is 4.98 Å². The van der Waals surface area contributed by atoms with Crippen molar-refractivity contribution in [1.29, 1.82) is 0 Å². The molecule has 3 rings (SSSR count). The van der Waals surface area contributed by atoms with Crippen LogP contribution in [0.25, 0.3) is 0 Å². The first-order valence-electron chi connectivity index (χ1n) is 7.16. The van der Waals surface area contributed by atoms with Crippen LogP contribution in [-0.4, -0.2) is 15.9 Å². The van der Waals surface area contributed by atoms with Gasteiger partial charge in [0.1, 0.15) is 0 Å². The fourth-order valence-corrected chi connectivity index (χ4v) is 2.72. The summed E-state index contributed by atoms with van der Waals surface area (Å²) in [4.78, 5) is 18.8. The highest BCUT2D eigenvalue weighted by molar-refractivity contribution is 5.78. The van der Waals surface area contributed by atoms with Crippen molar-refractivity contribution in [2.24, 2.45) is 0 Å². The Balaban J connectivity index is 1.58. The van der Waals surface area contributed by atoms with Crippen molar-refractivity contribution >= 4 is 5.91 Å². The second-order valence-electron chi connectivity index (χ2n) is 5.34. The van der Waals surface area contributed by atoms with Gasteiger partial charge in [-0.2, -0.15) is 0 Å². The zero-order chi connectivity index (χ0) is 13.8. The minimum atomic E-state index is 0.0513. The minimum absolute atomic E-state index is 0.0513. The predicted octanol–water partition coefficient (Wildman–Crippen LogP) is 2.15. The summed E-state index contributed by atoms with van der Waals surface area (Å²) in [5.74, 6) is 0.0513. The van der Waals surface area contributed by atoms with Crippen LogP contribution in [-0.2, 0) is 30.6 Å². The van der Waals surface area contributed by atoms with Crippen LogP contribution in [0.4, 0.5) is 0 Å². The summed E-state index contributed by atoms with van der Waals surface area (Å²) in [5, 5.41) is 2.90. The maximum atomic E-state index is 11.9. The lowest BCUT2D eigenvalue weighted by Gasteiger charge is -2.16. The quantitative estimate of drug-likeness (QED) is 0.893. The largest absolute Gasteiger partial charge is 0.350 e. The molecule has 0 unspecified atom stereocenters. The van der Waals surface area contributed by atoms with Crippen LogP contribution in [0.3, 0.4) is 0 Å². The van der Waals surface area contributed by atoms with Crippen LogP contribution in [0.5, 0.6) is 0 Å². The molecule has 1 aliphatic carbocycles. The molecule has 0 aliphatic heterocycles. The maximum absolute atomic E-state index is 11.9. The molecule has 0 spiro atoms. The number of aryl methyl sites for hydroxylation is 2. The van der Waals surface area contributed by atoms with Gasteiger partial charge in [-0.15, -0.1) is 0 Å². The van der Waals surface area contributed by atoms with Crippen LogP contribution in [0.1, 0.15) is 35.2 Å². The number of nitrogens with zero attached hydrogens (tertiary/aromatic N) is 1. The highest BCUT2D eigenvalue weighted by Crippen LogP contribution is 2.22. The summed E-state index contributed by atoms with van der Waals surface area (Å²) in [6.07, 6.45) is 8.67. The van der Waals surface area contributed by atoms with E-state index >= 15 is 0 Å². The fourth-order valence-electron chi connectivity index (χ4n) is 2.72. The van der Waals surface area contributed by atoms with Gasteiger partial charge in [-0.1, -0.05) is 18.2 Å². The van der Waals surface area contributed by atoms with E-state index in [2.05, 4.69) is 33.5 Å². The van der Waals surface area contributed by atoms with E-state index in [0.717, 1.165) is 17.7 Å². The van der Waals surface area contributed by atoms with Crippen molar-refractivity contribution in [3.05, 3.63) is 53.1 Å². The summed E-state index contributed by atoms with van der Waals surface area (Å²) < 4.78 is 0. The van der Waals surface area contributed by atoms with Crippen molar-refractivity contribution in [1.82, 2.24) is 15.3 Å². The molecule has 104 valence electrons. The van der Waals surface area contributed by atoms with Gasteiger partial charge in [-0.05, 0) is 42.4 Å². The molecule has 0 fully saturated rings. The molecule has 0 radical (unpaired) electrons. The maximum Gasteiger partial charge on any atom is 0.224 e. The number of amides is 1. The molecule has 0 saturated heterocycles. The molecule has 2 aromatic rings. The lowest BCUT2D eigenvalue weighted by atomic mass is 9.90. The van der Waals surface area contributed by atoms with Crippen LogP contribution in [0.2, 0.25) is 0 Å². The van der Waals surface area contributed by atoms with Crippen LogP contribution in [0.15, 0.2) is 30.7 Å². The van der Waals surface area contributed by atoms with E-state index in [0.29, 0.717) is 13.0 Å². The summed E-state index contributed by atoms with van der Waals surface area (Å²) in [5.41, 5.74) is 4.91. The number of aromatic amines is 1. The monoisotopic (exact) mass is 269 g/mol. The first-order chi connectivity index (χ1) is 9.81. The van der Waals surface area contributed by atoms with Crippen LogP contribution in [0, 0.1) is 0 Å². The topological polar surface area (TPSA) is 57.8 Å². The Kier molecular flexibility index (Phi) is 3.81. The van der Waals surface area contributed by atoms with E-state index in [4.69, 9.17) is 0 Å². The van der Waals surface area contributed by atoms with E-state index < -0.39 is 0 Å². The molecule has 1 aromatic carbocycles. The number of hydrogen-bond donors (Lipinski definition) is 2. The Morgan fingerprint density at radius 1 is 1.25 bits per heavy atom. The second-order valence-corrected chi connectivity index (χ2v) is 5.34. The van der Waals surface area contributed by atoms with Gasteiger partial charge in [-0.3, -0.25) is 4.79 Å². The summed E-state index contributed by atoms with van der Waals surface area (Å²) in [6.45, 7) is 0.504. The molecule has 0 saturated carbocycles. The molecule has 4 nitrogen and oxygen atoms in total. The van der Waals surface area contributed by atoms with Crippen molar-refractivity contribution < 1.29 is 4.79 Å². The molecular weight excluding hydrogens is 250 g/mol. The molecule has 4 heteroatoms. The zero-order valence-corrected chi connectivity index (χ0v) is 11.5. The number of rotatable bonds is 4. The Morgan fingerprint density at radius 3 is 2.90 bits per heavy atom. The fraction of sp³-hybridized carbons (Fsp3) is 0.375. The Hall–Kier alpha value is -2.10. The summed E-state index contributed by atoms with van der Waals surface area (Å²) in [6, 6.07) is 6.47. The highest BCUT2D eigenvalue weighted by Gasteiger charge is 2.11. The van der Waals surface area contributed by atoms with Gasteiger partial charge in [0.2, 0.25) is 5.91 Å². The number of carbonyl (C=O) groups is 1. The smallest absolute Gasteiger partial charge is 0.224 e. The molecule has 1 amide bonds. The summed E-state index contributed by atoms with van der Waals surface area (Å²) >= 11 is 0. The van der Waals surface area contributed by atoms with Crippen molar-refractivity contribution in [2.75, 3.05) is 0 Å². The highest BCUT2D eigenvalue weighted by atomic mass is 16.1. The first kappa shape index (κ1) is 12.9. The van der Waals surface area contributed by atoms with E-state index in [1.807, 2.05) is 0 Å². The SMILES string of the molecule is O=C(Cc1ccc2c(c1)CCCC2)NCc1cnc[nH]1. The third kappa shape index (κ3) is 3.07. The number of imidazole rings is 1. The van der Waals surface area contributed by atoms with Gasteiger partial charge in [0, 0.05) is 6.20 Å². The third-order valence-electron chi connectivity index (χ3n) is 3.81. The number of fused-ring (bicyclic) bond motifs is 1. The number of H-pyrrole nitrogens is 1. The molecule has 2 N–H and O–H groups in total. The number of hydrogen-bond acceptors (Lipinski definition) is 2. The number of carbonyl (C=O) groups excluding carboxylic acids is 1. The molecule has 1 heterocycles. The van der Waals surface area contributed by atoms with Crippen molar-refractivity contribution in [3.8, 4) is 0 Å². The zero-order valence-electron chi connectivity index (χ0n) is 11.5. The number of nitrogens with one attached hydrogen (secondary N) is 2. The average Bonchev–Trinajstić information content (AvgIpc) is 2.98. The second kappa shape index (κ2) is 5.90. The van der Waals surface area contributed by atoms with Gasteiger partial charge >= 0.3 is 0 Å². The van der Waals surface area contributed by atoms with Gasteiger partial charge in [0.25, 0.3) is 0 Å². The van der Waals surface area contributed by atoms with Gasteiger partial charge < -0.3 is 10.3 Å². The van der Waals surface area contributed by atoms with E-state index in [-0.39, 0.29) is 5.91 Å². The predicted molar refractivity (Wildman–Crippen MR) is 77.2 cm³/mol. The Morgan fingerprint density at radius 2 is 2.10 bits per heavy atom. The van der Waals surface area contributed by atoms with E-state index in [1.54, 1.807) is 12.5 Å². The first-order valence-corrected chi connectivity index (χ1v) is 7.16. The van der Waals surface area contributed by atoms with E-state index in [1.165, 1.54) is 30.4 Å². The number of aromatic nitrogens is 2. The molecule has 0 atom stereocenters. The lowest BCUT2D eigenvalue weighted by molar-refractivity contribution is -0.120. The van der Waals surface area contributed by atoms with E-state index in [9.17, 15) is 4.79 Å².